The van der Waals surface area contributed by atoms with Crippen LogP contribution in [0.1, 0.15) is 31.4 Å². The zero-order valence-electron chi connectivity index (χ0n) is 17.2. The molecule has 2 aromatic carbocycles. The number of carbonyl (C=O) groups excluding carboxylic acids is 1. The van der Waals surface area contributed by atoms with Crippen LogP contribution in [-0.4, -0.2) is 38.9 Å². The van der Waals surface area contributed by atoms with Gasteiger partial charge in [-0.25, -0.2) is 4.79 Å². The molecular weight excluding hydrogens is 434 g/mol. The van der Waals surface area contributed by atoms with Crippen molar-refractivity contribution in [2.45, 2.75) is 32.9 Å². The van der Waals surface area contributed by atoms with Crippen molar-refractivity contribution in [2.75, 3.05) is 6.61 Å². The predicted octanol–water partition coefficient (Wildman–Crippen LogP) is 4.73. The lowest BCUT2D eigenvalue weighted by Gasteiger charge is -2.17. The summed E-state index contributed by atoms with van der Waals surface area (Å²) >= 11 is 6.67. The molecule has 31 heavy (non-hydrogen) atoms. The minimum Gasteiger partial charge on any atom is -0.490 e. The molecule has 1 fully saturated rings. The van der Waals surface area contributed by atoms with Gasteiger partial charge in [0.2, 0.25) is 0 Å². The highest BCUT2D eigenvalue weighted by Gasteiger charge is 2.32. The van der Waals surface area contributed by atoms with E-state index in [2.05, 4.69) is 0 Å². The van der Waals surface area contributed by atoms with Gasteiger partial charge in [0.25, 0.3) is 5.91 Å². The number of thiocarbonyl (C=S) groups is 1. The van der Waals surface area contributed by atoms with Crippen molar-refractivity contribution in [1.82, 2.24) is 4.90 Å². The van der Waals surface area contributed by atoms with Crippen molar-refractivity contribution < 1.29 is 24.2 Å². The van der Waals surface area contributed by atoms with Gasteiger partial charge in [0.1, 0.15) is 4.32 Å². The summed E-state index contributed by atoms with van der Waals surface area (Å²) in [6.07, 6.45) is 1.12. The molecule has 162 valence electrons. The number of thioether (sulfide) groups is 1. The molecule has 3 rings (SSSR count). The Balaban J connectivity index is 1.82. The van der Waals surface area contributed by atoms with Crippen molar-refractivity contribution in [2.24, 2.45) is 0 Å². The summed E-state index contributed by atoms with van der Waals surface area (Å²) in [6, 6.07) is 14.8. The SMILES string of the molecule is CCOc1cc(/C=C2/SC(=S)N(Cc3ccccc3)C2=O)ccc1OC(CC)C(=O)O. The lowest BCUT2D eigenvalue weighted by atomic mass is 10.1. The first kappa shape index (κ1) is 22.8. The molecule has 1 atom stereocenters. The molecule has 0 aromatic heterocycles. The molecule has 1 amide bonds. The van der Waals surface area contributed by atoms with E-state index in [1.54, 1.807) is 36.1 Å². The molecule has 8 heteroatoms. The van der Waals surface area contributed by atoms with E-state index in [0.717, 1.165) is 11.1 Å². The highest BCUT2D eigenvalue weighted by atomic mass is 32.2. The maximum atomic E-state index is 12.9. The Morgan fingerprint density at radius 1 is 1.19 bits per heavy atom. The van der Waals surface area contributed by atoms with Crippen molar-refractivity contribution in [3.05, 3.63) is 64.6 Å². The van der Waals surface area contributed by atoms with Crippen LogP contribution < -0.4 is 9.47 Å². The molecule has 2 aromatic rings. The van der Waals surface area contributed by atoms with E-state index >= 15 is 0 Å². The number of ether oxygens (including phenoxy) is 2. The number of carboxylic acids is 1. The van der Waals surface area contributed by atoms with Crippen LogP contribution in [0.2, 0.25) is 0 Å². The number of hydrogen-bond acceptors (Lipinski definition) is 6. The van der Waals surface area contributed by atoms with Gasteiger partial charge in [0.15, 0.2) is 17.6 Å². The van der Waals surface area contributed by atoms with E-state index in [0.29, 0.717) is 40.3 Å². The van der Waals surface area contributed by atoms with Gasteiger partial charge in [-0.1, -0.05) is 67.3 Å². The van der Waals surface area contributed by atoms with E-state index in [-0.39, 0.29) is 5.91 Å². The van der Waals surface area contributed by atoms with Crippen LogP contribution in [0.5, 0.6) is 11.5 Å². The van der Waals surface area contributed by atoms with Crippen LogP contribution in [0.3, 0.4) is 0 Å². The summed E-state index contributed by atoms with van der Waals surface area (Å²) < 4.78 is 11.8. The maximum Gasteiger partial charge on any atom is 0.344 e. The van der Waals surface area contributed by atoms with E-state index in [1.807, 2.05) is 37.3 Å². The summed E-state index contributed by atoms with van der Waals surface area (Å²) in [4.78, 5) is 26.3. The fraction of sp³-hybridized carbons (Fsp3) is 0.261. The minimum absolute atomic E-state index is 0.144. The minimum atomic E-state index is -1.03. The maximum absolute atomic E-state index is 12.9. The third-order valence-electron chi connectivity index (χ3n) is 4.54. The van der Waals surface area contributed by atoms with Gasteiger partial charge in [0.05, 0.1) is 18.1 Å². The number of amides is 1. The Bertz CT molecular complexity index is 1010. The van der Waals surface area contributed by atoms with E-state index in [1.165, 1.54) is 11.8 Å². The monoisotopic (exact) mass is 457 g/mol. The third kappa shape index (κ3) is 5.65. The summed E-state index contributed by atoms with van der Waals surface area (Å²) in [5.41, 5.74) is 1.74. The average molecular weight is 458 g/mol. The number of carboxylic acid groups (broad SMARTS) is 1. The molecule has 1 N–H and O–H groups in total. The summed E-state index contributed by atoms with van der Waals surface area (Å²) in [7, 11) is 0. The second-order valence-electron chi connectivity index (χ2n) is 6.75. The Morgan fingerprint density at radius 2 is 1.94 bits per heavy atom. The first-order chi connectivity index (χ1) is 14.9. The van der Waals surface area contributed by atoms with Gasteiger partial charge in [-0.3, -0.25) is 9.69 Å². The van der Waals surface area contributed by atoms with Crippen LogP contribution in [0.4, 0.5) is 0 Å². The molecule has 0 aliphatic carbocycles. The lowest BCUT2D eigenvalue weighted by Crippen LogP contribution is -2.27. The number of nitrogens with zero attached hydrogens (tertiary/aromatic N) is 1. The fourth-order valence-electron chi connectivity index (χ4n) is 3.00. The van der Waals surface area contributed by atoms with E-state index < -0.39 is 12.1 Å². The highest BCUT2D eigenvalue weighted by Crippen LogP contribution is 2.36. The highest BCUT2D eigenvalue weighted by molar-refractivity contribution is 8.26. The molecule has 6 nitrogen and oxygen atoms in total. The molecular formula is C23H23NO5S2. The molecule has 0 radical (unpaired) electrons. The van der Waals surface area contributed by atoms with Gasteiger partial charge in [-0.05, 0) is 42.7 Å². The fourth-order valence-corrected chi connectivity index (χ4v) is 4.25. The lowest BCUT2D eigenvalue weighted by molar-refractivity contribution is -0.145. The third-order valence-corrected chi connectivity index (χ3v) is 5.92. The molecule has 0 bridgehead atoms. The molecule has 0 saturated carbocycles. The second-order valence-corrected chi connectivity index (χ2v) is 8.42. The summed E-state index contributed by atoms with van der Waals surface area (Å²) in [5.74, 6) is -0.397. The Kier molecular flexibility index (Phi) is 7.70. The molecule has 1 saturated heterocycles. The smallest absolute Gasteiger partial charge is 0.344 e. The Labute approximate surface area is 190 Å². The van der Waals surface area contributed by atoms with E-state index in [9.17, 15) is 14.7 Å². The normalized spacial score (nSPS) is 15.9. The van der Waals surface area contributed by atoms with Crippen LogP contribution in [-0.2, 0) is 16.1 Å². The van der Waals surface area contributed by atoms with Crippen molar-refractivity contribution in [1.29, 1.82) is 0 Å². The van der Waals surface area contributed by atoms with E-state index in [4.69, 9.17) is 21.7 Å². The van der Waals surface area contributed by atoms with Crippen LogP contribution >= 0.6 is 24.0 Å². The summed E-state index contributed by atoms with van der Waals surface area (Å²) in [5, 5.41) is 9.25. The van der Waals surface area contributed by atoms with Crippen molar-refractivity contribution >= 4 is 46.3 Å². The Morgan fingerprint density at radius 3 is 2.58 bits per heavy atom. The zero-order valence-corrected chi connectivity index (χ0v) is 18.9. The average Bonchev–Trinajstić information content (AvgIpc) is 3.01. The number of hydrogen-bond donors (Lipinski definition) is 1. The topological polar surface area (TPSA) is 76.1 Å². The van der Waals surface area contributed by atoms with Crippen molar-refractivity contribution in [3.63, 3.8) is 0 Å². The number of aliphatic carboxylic acids is 1. The first-order valence-electron chi connectivity index (χ1n) is 9.88. The standard InChI is InChI=1S/C23H23NO5S2/c1-3-17(22(26)27)29-18-11-10-16(12-19(18)28-4-2)13-20-21(25)24(23(30)31-20)14-15-8-6-5-7-9-15/h5-13,17H,3-4,14H2,1-2H3,(H,26,27)/b20-13+. The molecule has 0 spiro atoms. The van der Waals surface area contributed by atoms with Crippen molar-refractivity contribution in [3.8, 4) is 11.5 Å². The molecule has 1 unspecified atom stereocenters. The van der Waals surface area contributed by atoms with Gasteiger partial charge in [-0.2, -0.15) is 0 Å². The van der Waals surface area contributed by atoms with Gasteiger partial charge >= 0.3 is 5.97 Å². The number of carbonyl (C=O) groups is 2. The number of benzene rings is 2. The molecule has 1 heterocycles. The van der Waals surface area contributed by atoms with Crippen LogP contribution in [0, 0.1) is 0 Å². The predicted molar refractivity (Wildman–Crippen MR) is 125 cm³/mol. The van der Waals surface area contributed by atoms with Crippen LogP contribution in [0.15, 0.2) is 53.4 Å². The first-order valence-corrected chi connectivity index (χ1v) is 11.1. The number of rotatable bonds is 9. The Hall–Kier alpha value is -2.84. The molecule has 1 aliphatic heterocycles. The zero-order chi connectivity index (χ0) is 22.4. The van der Waals surface area contributed by atoms with Gasteiger partial charge < -0.3 is 14.6 Å². The molecule has 1 aliphatic rings. The van der Waals surface area contributed by atoms with Gasteiger partial charge in [0, 0.05) is 0 Å². The largest absolute Gasteiger partial charge is 0.490 e. The summed E-state index contributed by atoms with van der Waals surface area (Å²) in [6.45, 7) is 4.39. The quantitative estimate of drug-likeness (QED) is 0.431. The van der Waals surface area contributed by atoms with Crippen LogP contribution in [0.25, 0.3) is 6.08 Å². The van der Waals surface area contributed by atoms with Gasteiger partial charge in [-0.15, -0.1) is 0 Å². The second kappa shape index (κ2) is 10.5.